The second-order valence-electron chi connectivity index (χ2n) is 4.48. The molecule has 19 heavy (non-hydrogen) atoms. The zero-order valence-corrected chi connectivity index (χ0v) is 11.1. The Morgan fingerprint density at radius 3 is 2.63 bits per heavy atom. The van der Waals surface area contributed by atoms with Crippen LogP contribution in [0.5, 0.6) is 5.75 Å². The Bertz CT molecular complexity index is 471. The predicted octanol–water partition coefficient (Wildman–Crippen LogP) is 1.93. The van der Waals surface area contributed by atoms with Gasteiger partial charge >= 0.3 is 5.97 Å². The molecule has 5 heteroatoms. The fraction of sp³-hybridized carbons (Fsp3) is 0.429. The van der Waals surface area contributed by atoms with Crippen molar-refractivity contribution in [2.75, 3.05) is 6.54 Å². The lowest BCUT2D eigenvalue weighted by molar-refractivity contribution is -0.141. The Morgan fingerprint density at radius 2 is 2.05 bits per heavy atom. The molecule has 0 aliphatic rings. The average molecular weight is 265 g/mol. The van der Waals surface area contributed by atoms with Gasteiger partial charge in [0, 0.05) is 17.7 Å². The molecular formula is C14H19NO4. The first-order valence-corrected chi connectivity index (χ1v) is 6.27. The summed E-state index contributed by atoms with van der Waals surface area (Å²) < 4.78 is 0. The molecule has 0 heterocycles. The number of carbonyl (C=O) groups is 2. The zero-order chi connectivity index (χ0) is 14.4. The van der Waals surface area contributed by atoms with Crippen molar-refractivity contribution in [3.8, 4) is 5.75 Å². The van der Waals surface area contributed by atoms with Crippen LogP contribution >= 0.6 is 0 Å². The number of hydrogen-bond acceptors (Lipinski definition) is 3. The highest BCUT2D eigenvalue weighted by atomic mass is 16.4. The number of phenolic OH excluding ortho intramolecular Hbond substituents is 1. The number of aromatic hydroxyl groups is 1. The van der Waals surface area contributed by atoms with E-state index in [1.807, 2.05) is 6.92 Å². The van der Waals surface area contributed by atoms with E-state index in [0.717, 1.165) is 6.42 Å². The second kappa shape index (κ2) is 6.78. The molecule has 0 radical (unpaired) electrons. The number of carbonyl (C=O) groups excluding carboxylic acids is 1. The van der Waals surface area contributed by atoms with Gasteiger partial charge in [-0.1, -0.05) is 19.4 Å². The summed E-state index contributed by atoms with van der Waals surface area (Å²) in [6, 6.07) is 4.68. The lowest BCUT2D eigenvalue weighted by Gasteiger charge is -2.13. The molecule has 0 spiro atoms. The molecule has 1 aromatic rings. The topological polar surface area (TPSA) is 86.6 Å². The summed E-state index contributed by atoms with van der Waals surface area (Å²) in [6.07, 6.45) is 1.27. The van der Waals surface area contributed by atoms with Gasteiger partial charge in [0.15, 0.2) is 0 Å². The number of rotatable bonds is 6. The van der Waals surface area contributed by atoms with Crippen molar-refractivity contribution in [2.45, 2.75) is 26.7 Å². The third-order valence-electron chi connectivity index (χ3n) is 3.05. The molecule has 0 aliphatic heterocycles. The van der Waals surface area contributed by atoms with E-state index in [4.69, 9.17) is 5.11 Å². The van der Waals surface area contributed by atoms with Crippen LogP contribution in [0.4, 0.5) is 0 Å². The summed E-state index contributed by atoms with van der Waals surface area (Å²) in [5, 5.41) is 21.1. The monoisotopic (exact) mass is 265 g/mol. The van der Waals surface area contributed by atoms with Crippen molar-refractivity contribution in [3.05, 3.63) is 29.3 Å². The van der Waals surface area contributed by atoms with Gasteiger partial charge in [-0.05, 0) is 25.5 Å². The maximum Gasteiger partial charge on any atom is 0.308 e. The highest BCUT2D eigenvalue weighted by molar-refractivity contribution is 5.96. The number of carboxylic acids is 1. The smallest absolute Gasteiger partial charge is 0.308 e. The molecule has 1 amide bonds. The molecule has 0 saturated heterocycles. The highest BCUT2D eigenvalue weighted by Crippen LogP contribution is 2.19. The van der Waals surface area contributed by atoms with E-state index in [2.05, 4.69) is 5.32 Å². The molecule has 1 rings (SSSR count). The number of phenols is 1. The molecule has 1 atom stereocenters. The van der Waals surface area contributed by atoms with E-state index >= 15 is 0 Å². The van der Waals surface area contributed by atoms with Crippen LogP contribution in [0.1, 0.15) is 35.7 Å². The summed E-state index contributed by atoms with van der Waals surface area (Å²) in [5.41, 5.74) is 0.850. The normalized spacial score (nSPS) is 11.9. The third-order valence-corrected chi connectivity index (χ3v) is 3.05. The fourth-order valence-electron chi connectivity index (χ4n) is 1.84. The SMILES string of the molecule is CCCC(CNC(=O)c1cccc(O)c1C)C(=O)O. The fourth-order valence-corrected chi connectivity index (χ4v) is 1.84. The maximum absolute atomic E-state index is 11.9. The molecule has 3 N–H and O–H groups in total. The van der Waals surface area contributed by atoms with Crippen molar-refractivity contribution < 1.29 is 19.8 Å². The van der Waals surface area contributed by atoms with Crippen LogP contribution in [0.25, 0.3) is 0 Å². The van der Waals surface area contributed by atoms with Crippen LogP contribution in [-0.2, 0) is 4.79 Å². The Hall–Kier alpha value is -2.04. The molecule has 0 aromatic heterocycles. The Labute approximate surface area is 112 Å². The van der Waals surface area contributed by atoms with Gasteiger partial charge in [-0.25, -0.2) is 0 Å². The minimum Gasteiger partial charge on any atom is -0.508 e. The Kier molecular flexibility index (Phi) is 5.36. The molecule has 0 aliphatic carbocycles. The molecule has 0 bridgehead atoms. The predicted molar refractivity (Wildman–Crippen MR) is 71.2 cm³/mol. The molecule has 0 saturated carbocycles. The summed E-state index contributed by atoms with van der Waals surface area (Å²) in [4.78, 5) is 22.9. The molecular weight excluding hydrogens is 246 g/mol. The summed E-state index contributed by atoms with van der Waals surface area (Å²) in [5.74, 6) is -1.80. The molecule has 1 aromatic carbocycles. The molecule has 104 valence electrons. The van der Waals surface area contributed by atoms with Gasteiger partial charge in [-0.2, -0.15) is 0 Å². The number of amides is 1. The van der Waals surface area contributed by atoms with Crippen molar-refractivity contribution >= 4 is 11.9 Å². The van der Waals surface area contributed by atoms with E-state index in [9.17, 15) is 14.7 Å². The second-order valence-corrected chi connectivity index (χ2v) is 4.48. The molecule has 0 fully saturated rings. The first-order chi connectivity index (χ1) is 8.97. The minimum atomic E-state index is -0.908. The van der Waals surface area contributed by atoms with Crippen molar-refractivity contribution in [1.82, 2.24) is 5.32 Å². The summed E-state index contributed by atoms with van der Waals surface area (Å²) in [7, 11) is 0. The maximum atomic E-state index is 11.9. The summed E-state index contributed by atoms with van der Waals surface area (Å²) in [6.45, 7) is 3.64. The largest absolute Gasteiger partial charge is 0.508 e. The highest BCUT2D eigenvalue weighted by Gasteiger charge is 2.18. The standard InChI is InChI=1S/C14H19NO4/c1-3-5-10(14(18)19)8-15-13(17)11-6-4-7-12(16)9(11)2/h4,6-7,10,16H,3,5,8H2,1-2H3,(H,15,17)(H,18,19). The Morgan fingerprint density at radius 1 is 1.37 bits per heavy atom. The lowest BCUT2D eigenvalue weighted by atomic mass is 10.0. The third kappa shape index (κ3) is 3.98. The van der Waals surface area contributed by atoms with Crippen LogP contribution < -0.4 is 5.32 Å². The van der Waals surface area contributed by atoms with Gasteiger partial charge in [-0.15, -0.1) is 0 Å². The van der Waals surface area contributed by atoms with E-state index in [-0.39, 0.29) is 18.2 Å². The molecule has 5 nitrogen and oxygen atoms in total. The number of nitrogens with one attached hydrogen (secondary N) is 1. The lowest BCUT2D eigenvalue weighted by Crippen LogP contribution is -2.33. The van der Waals surface area contributed by atoms with Crippen LogP contribution in [0.3, 0.4) is 0 Å². The van der Waals surface area contributed by atoms with Crippen LogP contribution in [0.2, 0.25) is 0 Å². The van der Waals surface area contributed by atoms with Crippen molar-refractivity contribution in [2.24, 2.45) is 5.92 Å². The first-order valence-electron chi connectivity index (χ1n) is 6.27. The van der Waals surface area contributed by atoms with Gasteiger partial charge in [0.05, 0.1) is 5.92 Å². The van der Waals surface area contributed by atoms with Gasteiger partial charge in [0.25, 0.3) is 5.91 Å². The van der Waals surface area contributed by atoms with E-state index in [0.29, 0.717) is 17.5 Å². The zero-order valence-electron chi connectivity index (χ0n) is 11.1. The van der Waals surface area contributed by atoms with Gasteiger partial charge in [0.1, 0.15) is 5.75 Å². The first kappa shape index (κ1) is 15.0. The number of benzene rings is 1. The van der Waals surface area contributed by atoms with E-state index < -0.39 is 11.9 Å². The number of aliphatic carboxylic acids is 1. The van der Waals surface area contributed by atoms with Crippen molar-refractivity contribution in [3.63, 3.8) is 0 Å². The van der Waals surface area contributed by atoms with Crippen LogP contribution in [0.15, 0.2) is 18.2 Å². The average Bonchev–Trinajstić information content (AvgIpc) is 2.37. The van der Waals surface area contributed by atoms with E-state index in [1.54, 1.807) is 19.1 Å². The van der Waals surface area contributed by atoms with Gasteiger partial charge in [-0.3, -0.25) is 9.59 Å². The van der Waals surface area contributed by atoms with E-state index in [1.165, 1.54) is 6.07 Å². The number of hydrogen-bond donors (Lipinski definition) is 3. The van der Waals surface area contributed by atoms with Gasteiger partial charge < -0.3 is 15.5 Å². The van der Waals surface area contributed by atoms with Gasteiger partial charge in [0.2, 0.25) is 0 Å². The minimum absolute atomic E-state index is 0.0518. The quantitative estimate of drug-likeness (QED) is 0.733. The Balaban J connectivity index is 2.69. The van der Waals surface area contributed by atoms with Crippen LogP contribution in [0, 0.1) is 12.8 Å². The van der Waals surface area contributed by atoms with Crippen LogP contribution in [-0.4, -0.2) is 28.6 Å². The molecule has 1 unspecified atom stereocenters. The summed E-state index contributed by atoms with van der Waals surface area (Å²) >= 11 is 0. The number of carboxylic acid groups (broad SMARTS) is 1. The van der Waals surface area contributed by atoms with Crippen molar-refractivity contribution in [1.29, 1.82) is 0 Å².